The molecule has 1 aromatic carbocycles. The summed E-state index contributed by atoms with van der Waals surface area (Å²) in [6.07, 6.45) is 4.68. The summed E-state index contributed by atoms with van der Waals surface area (Å²) in [7, 11) is 0. The zero-order valence-corrected chi connectivity index (χ0v) is 11.5. The molecule has 0 bridgehead atoms. The number of nitrogens with zero attached hydrogens (tertiary/aromatic N) is 4. The monoisotopic (exact) mass is 266 g/mol. The van der Waals surface area contributed by atoms with Crippen LogP contribution in [0, 0.1) is 0 Å². The molecule has 20 heavy (non-hydrogen) atoms. The van der Waals surface area contributed by atoms with Gasteiger partial charge in [0.25, 0.3) is 0 Å². The van der Waals surface area contributed by atoms with Crippen molar-refractivity contribution in [3.05, 3.63) is 47.8 Å². The van der Waals surface area contributed by atoms with Crippen molar-refractivity contribution in [2.24, 2.45) is 9.98 Å². The van der Waals surface area contributed by atoms with Gasteiger partial charge in [0, 0.05) is 31.3 Å². The minimum Gasteiger partial charge on any atom is -0.356 e. The van der Waals surface area contributed by atoms with Gasteiger partial charge in [-0.3, -0.25) is 4.99 Å². The van der Waals surface area contributed by atoms with Crippen molar-refractivity contribution in [1.82, 2.24) is 9.80 Å². The number of aliphatic imine (C=N–C) groups is 2. The maximum absolute atomic E-state index is 4.93. The molecule has 0 aromatic heterocycles. The Labute approximate surface area is 119 Å². The Morgan fingerprint density at radius 1 is 0.950 bits per heavy atom. The highest BCUT2D eigenvalue weighted by molar-refractivity contribution is 6.15. The van der Waals surface area contributed by atoms with E-state index < -0.39 is 0 Å². The average Bonchev–Trinajstić information content (AvgIpc) is 3.18. The quantitative estimate of drug-likeness (QED) is 0.821. The standard InChI is InChI=1S/C16H18N4/c1-2-6-13(7-3-1)16-18-15(19-9-4-5-10-19)12-14-17-8-11-20(14)16/h1-3,6-7,12H,4-5,8-11H2. The summed E-state index contributed by atoms with van der Waals surface area (Å²) in [5.74, 6) is 3.20. The molecule has 0 saturated carbocycles. The molecular weight excluding hydrogens is 248 g/mol. The van der Waals surface area contributed by atoms with E-state index in [1.54, 1.807) is 0 Å². The van der Waals surface area contributed by atoms with Crippen molar-refractivity contribution in [1.29, 1.82) is 0 Å². The molecule has 3 aliphatic rings. The van der Waals surface area contributed by atoms with Crippen LogP contribution in [0.1, 0.15) is 18.4 Å². The topological polar surface area (TPSA) is 31.2 Å². The molecule has 1 saturated heterocycles. The van der Waals surface area contributed by atoms with Gasteiger partial charge in [0.2, 0.25) is 0 Å². The Morgan fingerprint density at radius 2 is 1.75 bits per heavy atom. The van der Waals surface area contributed by atoms with Crippen molar-refractivity contribution in [3.63, 3.8) is 0 Å². The maximum Gasteiger partial charge on any atom is 0.143 e. The van der Waals surface area contributed by atoms with Crippen molar-refractivity contribution in [3.8, 4) is 0 Å². The highest BCUT2D eigenvalue weighted by atomic mass is 15.3. The molecule has 0 spiro atoms. The van der Waals surface area contributed by atoms with Crippen LogP contribution in [0.4, 0.5) is 0 Å². The van der Waals surface area contributed by atoms with Crippen molar-refractivity contribution in [2.45, 2.75) is 12.8 Å². The smallest absolute Gasteiger partial charge is 0.143 e. The SMILES string of the molecule is C1=C(N2CCCC2)N=C(c2ccccc2)N2CCN=C12. The van der Waals surface area contributed by atoms with Gasteiger partial charge in [-0.2, -0.15) is 0 Å². The second-order valence-corrected chi connectivity index (χ2v) is 5.39. The van der Waals surface area contributed by atoms with Crippen LogP contribution in [0.25, 0.3) is 0 Å². The Kier molecular flexibility index (Phi) is 2.80. The molecule has 1 aromatic rings. The molecule has 4 nitrogen and oxygen atoms in total. The van der Waals surface area contributed by atoms with Crippen LogP contribution in [0.3, 0.4) is 0 Å². The minimum absolute atomic E-state index is 0.866. The summed E-state index contributed by atoms with van der Waals surface area (Å²) in [6.45, 7) is 4.03. The van der Waals surface area contributed by atoms with E-state index in [2.05, 4.69) is 45.1 Å². The molecule has 0 N–H and O–H groups in total. The summed E-state index contributed by atoms with van der Waals surface area (Å²) in [5.41, 5.74) is 1.17. The molecule has 3 heterocycles. The fourth-order valence-electron chi connectivity index (χ4n) is 3.03. The normalized spacial score (nSPS) is 21.5. The molecule has 0 aliphatic carbocycles. The van der Waals surface area contributed by atoms with Crippen LogP contribution in [-0.4, -0.2) is 47.7 Å². The van der Waals surface area contributed by atoms with E-state index >= 15 is 0 Å². The minimum atomic E-state index is 0.866. The maximum atomic E-state index is 4.93. The number of benzene rings is 1. The highest BCUT2D eigenvalue weighted by Gasteiger charge is 2.28. The lowest BCUT2D eigenvalue weighted by atomic mass is 10.1. The highest BCUT2D eigenvalue weighted by Crippen LogP contribution is 2.23. The number of fused-ring (bicyclic) bond motifs is 1. The summed E-state index contributed by atoms with van der Waals surface area (Å²) in [4.78, 5) is 14.1. The lowest BCUT2D eigenvalue weighted by Gasteiger charge is -2.28. The van der Waals surface area contributed by atoms with E-state index in [0.29, 0.717) is 0 Å². The lowest BCUT2D eigenvalue weighted by molar-refractivity contribution is 0.419. The van der Waals surface area contributed by atoms with Gasteiger partial charge >= 0.3 is 0 Å². The van der Waals surface area contributed by atoms with E-state index in [-0.39, 0.29) is 0 Å². The molecule has 0 radical (unpaired) electrons. The van der Waals surface area contributed by atoms with Gasteiger partial charge in [-0.25, -0.2) is 4.99 Å². The van der Waals surface area contributed by atoms with Gasteiger partial charge < -0.3 is 9.80 Å². The van der Waals surface area contributed by atoms with Crippen LogP contribution in [0.15, 0.2) is 52.2 Å². The van der Waals surface area contributed by atoms with E-state index in [1.807, 2.05) is 6.07 Å². The fraction of sp³-hybridized carbons (Fsp3) is 0.375. The molecular formula is C16H18N4. The summed E-state index contributed by atoms with van der Waals surface area (Å²) < 4.78 is 0. The van der Waals surface area contributed by atoms with Gasteiger partial charge in [-0.15, -0.1) is 0 Å². The Hall–Kier alpha value is -2.10. The number of amidine groups is 2. The molecule has 1 fully saturated rings. The number of likely N-dealkylation sites (tertiary alicyclic amines) is 1. The first kappa shape index (κ1) is 11.7. The number of rotatable bonds is 2. The van der Waals surface area contributed by atoms with Crippen LogP contribution in [-0.2, 0) is 0 Å². The molecule has 4 heteroatoms. The Bertz CT molecular complexity index is 594. The van der Waals surface area contributed by atoms with Gasteiger partial charge in [-0.05, 0) is 12.8 Å². The zero-order chi connectivity index (χ0) is 13.4. The first-order valence-corrected chi connectivity index (χ1v) is 7.34. The van der Waals surface area contributed by atoms with Crippen LogP contribution >= 0.6 is 0 Å². The Morgan fingerprint density at radius 3 is 2.55 bits per heavy atom. The third-order valence-corrected chi connectivity index (χ3v) is 4.07. The van der Waals surface area contributed by atoms with E-state index in [0.717, 1.165) is 43.7 Å². The predicted molar refractivity (Wildman–Crippen MR) is 80.9 cm³/mol. The van der Waals surface area contributed by atoms with Gasteiger partial charge in [0.15, 0.2) is 0 Å². The summed E-state index contributed by atoms with van der Waals surface area (Å²) in [6, 6.07) is 10.4. The van der Waals surface area contributed by atoms with Crippen LogP contribution < -0.4 is 0 Å². The lowest BCUT2D eigenvalue weighted by Crippen LogP contribution is -2.38. The molecule has 0 atom stereocenters. The largest absolute Gasteiger partial charge is 0.356 e. The second-order valence-electron chi connectivity index (χ2n) is 5.39. The van der Waals surface area contributed by atoms with Crippen molar-refractivity contribution >= 4 is 11.7 Å². The summed E-state index contributed by atoms with van der Waals surface area (Å²) in [5, 5.41) is 0. The zero-order valence-electron chi connectivity index (χ0n) is 11.5. The van der Waals surface area contributed by atoms with E-state index in [9.17, 15) is 0 Å². The first-order chi connectivity index (χ1) is 9.92. The first-order valence-electron chi connectivity index (χ1n) is 7.34. The Balaban J connectivity index is 1.75. The van der Waals surface area contributed by atoms with Crippen molar-refractivity contribution in [2.75, 3.05) is 26.2 Å². The number of hydrogen-bond donors (Lipinski definition) is 0. The third kappa shape index (κ3) is 1.92. The molecule has 102 valence electrons. The molecule has 0 amide bonds. The predicted octanol–water partition coefficient (Wildman–Crippen LogP) is 2.10. The molecule has 4 rings (SSSR count). The van der Waals surface area contributed by atoms with Gasteiger partial charge in [0.1, 0.15) is 17.5 Å². The summed E-state index contributed by atoms with van der Waals surface area (Å²) >= 11 is 0. The average molecular weight is 266 g/mol. The van der Waals surface area contributed by atoms with Gasteiger partial charge in [0.05, 0.1) is 6.54 Å². The van der Waals surface area contributed by atoms with E-state index in [1.165, 1.54) is 18.4 Å². The molecule has 3 aliphatic heterocycles. The number of hydrogen-bond acceptors (Lipinski definition) is 4. The van der Waals surface area contributed by atoms with Crippen molar-refractivity contribution < 1.29 is 0 Å². The fourth-order valence-corrected chi connectivity index (χ4v) is 3.03. The third-order valence-electron chi connectivity index (χ3n) is 4.07. The molecule has 0 unspecified atom stereocenters. The van der Waals surface area contributed by atoms with Gasteiger partial charge in [-0.1, -0.05) is 30.3 Å². The second kappa shape index (κ2) is 4.78. The van der Waals surface area contributed by atoms with E-state index in [4.69, 9.17) is 4.99 Å². The van der Waals surface area contributed by atoms with Crippen LogP contribution in [0.5, 0.6) is 0 Å². The van der Waals surface area contributed by atoms with Crippen LogP contribution in [0.2, 0.25) is 0 Å².